The minimum absolute atomic E-state index is 0.142. The van der Waals surface area contributed by atoms with Crippen LogP contribution < -0.4 is 10.5 Å². The zero-order valence-electron chi connectivity index (χ0n) is 11.0. The Hall–Kier alpha value is -0.780. The fourth-order valence-electron chi connectivity index (χ4n) is 1.41. The third-order valence-corrected chi connectivity index (χ3v) is 5.05. The molecule has 0 bridgehead atoms. The molecule has 0 spiro atoms. The Morgan fingerprint density at radius 3 is 2.39 bits per heavy atom. The maximum absolute atomic E-state index is 12.2. The largest absolute Gasteiger partial charge is 0.397 e. The molecule has 102 valence electrons. The number of rotatable bonds is 4. The average molecular weight is 291 g/mol. The molecule has 0 heterocycles. The number of nitrogens with two attached hydrogens (primary N) is 1. The predicted molar refractivity (Wildman–Crippen MR) is 75.3 cm³/mol. The first-order valence-corrected chi connectivity index (χ1v) is 7.55. The van der Waals surface area contributed by atoms with Gasteiger partial charge in [-0.25, -0.2) is 13.1 Å². The van der Waals surface area contributed by atoms with Crippen molar-refractivity contribution in [3.63, 3.8) is 0 Å². The van der Waals surface area contributed by atoms with Crippen molar-refractivity contribution in [2.75, 3.05) is 5.73 Å². The monoisotopic (exact) mass is 290 g/mol. The number of anilines is 1. The van der Waals surface area contributed by atoms with E-state index in [1.807, 2.05) is 20.8 Å². The molecular formula is C12H19ClN2O2S. The summed E-state index contributed by atoms with van der Waals surface area (Å²) in [4.78, 5) is 0.142. The van der Waals surface area contributed by atoms with E-state index in [0.717, 1.165) is 0 Å². The molecule has 0 fully saturated rings. The summed E-state index contributed by atoms with van der Waals surface area (Å²) in [6.07, 6.45) is 0.689. The van der Waals surface area contributed by atoms with Crippen molar-refractivity contribution in [3.8, 4) is 0 Å². The molecule has 1 aromatic carbocycles. The van der Waals surface area contributed by atoms with Crippen molar-refractivity contribution in [1.82, 2.24) is 4.72 Å². The van der Waals surface area contributed by atoms with Gasteiger partial charge in [-0.05, 0) is 44.9 Å². The van der Waals surface area contributed by atoms with E-state index in [2.05, 4.69) is 4.72 Å². The molecule has 1 rings (SSSR count). The van der Waals surface area contributed by atoms with Gasteiger partial charge in [0, 0.05) is 5.54 Å². The predicted octanol–water partition coefficient (Wildman–Crippen LogP) is 2.70. The standard InChI is InChI=1S/C12H19ClN2O2S/c1-5-12(3,4)15-18(16,17)9-6-8(2)11(13)10(14)7-9/h6-7,15H,5,14H2,1-4H3. The molecule has 0 aliphatic rings. The molecule has 3 N–H and O–H groups in total. The lowest BCUT2D eigenvalue weighted by Gasteiger charge is -2.24. The quantitative estimate of drug-likeness (QED) is 0.838. The van der Waals surface area contributed by atoms with Gasteiger partial charge in [-0.15, -0.1) is 0 Å². The average Bonchev–Trinajstić information content (AvgIpc) is 2.23. The molecule has 0 amide bonds. The second-order valence-electron chi connectivity index (χ2n) is 4.99. The Morgan fingerprint density at radius 1 is 1.39 bits per heavy atom. The van der Waals surface area contributed by atoms with E-state index in [0.29, 0.717) is 17.0 Å². The van der Waals surface area contributed by atoms with Crippen molar-refractivity contribution >= 4 is 27.3 Å². The van der Waals surface area contributed by atoms with E-state index < -0.39 is 15.6 Å². The Bertz CT molecular complexity index is 530. The highest BCUT2D eigenvalue weighted by Crippen LogP contribution is 2.27. The highest BCUT2D eigenvalue weighted by Gasteiger charge is 2.25. The number of hydrogen-bond acceptors (Lipinski definition) is 3. The highest BCUT2D eigenvalue weighted by molar-refractivity contribution is 7.89. The molecule has 0 saturated carbocycles. The van der Waals surface area contributed by atoms with Crippen LogP contribution in [-0.2, 0) is 10.0 Å². The van der Waals surface area contributed by atoms with Gasteiger partial charge in [-0.1, -0.05) is 18.5 Å². The number of aryl methyl sites for hydroxylation is 1. The maximum Gasteiger partial charge on any atom is 0.241 e. The Kier molecular flexibility index (Phi) is 4.30. The zero-order chi connectivity index (χ0) is 14.1. The van der Waals surface area contributed by atoms with Gasteiger partial charge in [0.2, 0.25) is 10.0 Å². The number of nitrogens with one attached hydrogen (secondary N) is 1. The van der Waals surface area contributed by atoms with Crippen LogP contribution >= 0.6 is 11.6 Å². The molecule has 18 heavy (non-hydrogen) atoms. The van der Waals surface area contributed by atoms with Crippen LogP contribution in [-0.4, -0.2) is 14.0 Å². The van der Waals surface area contributed by atoms with Crippen LogP contribution in [0.4, 0.5) is 5.69 Å². The van der Waals surface area contributed by atoms with Crippen LogP contribution in [0.15, 0.2) is 17.0 Å². The van der Waals surface area contributed by atoms with Crippen LogP contribution in [0, 0.1) is 6.92 Å². The van der Waals surface area contributed by atoms with Crippen LogP contribution in [0.2, 0.25) is 5.02 Å². The summed E-state index contributed by atoms with van der Waals surface area (Å²) in [5, 5.41) is 0.392. The summed E-state index contributed by atoms with van der Waals surface area (Å²) in [5.41, 5.74) is 6.11. The molecule has 0 aromatic heterocycles. The molecule has 0 aliphatic carbocycles. The van der Waals surface area contributed by atoms with E-state index in [9.17, 15) is 8.42 Å². The van der Waals surface area contributed by atoms with Crippen LogP contribution in [0.3, 0.4) is 0 Å². The van der Waals surface area contributed by atoms with Gasteiger partial charge in [0.15, 0.2) is 0 Å². The van der Waals surface area contributed by atoms with Gasteiger partial charge in [-0.2, -0.15) is 0 Å². The van der Waals surface area contributed by atoms with Crippen LogP contribution in [0.1, 0.15) is 32.8 Å². The third-order valence-electron chi connectivity index (χ3n) is 2.86. The van der Waals surface area contributed by atoms with Crippen molar-refractivity contribution in [2.45, 2.75) is 44.6 Å². The summed E-state index contributed by atoms with van der Waals surface area (Å²) in [6, 6.07) is 2.90. The van der Waals surface area contributed by atoms with Crippen molar-refractivity contribution < 1.29 is 8.42 Å². The van der Waals surface area contributed by atoms with E-state index in [4.69, 9.17) is 17.3 Å². The molecule has 0 aliphatic heterocycles. The summed E-state index contributed by atoms with van der Waals surface area (Å²) in [7, 11) is -3.58. The fraction of sp³-hybridized carbons (Fsp3) is 0.500. The van der Waals surface area contributed by atoms with Crippen LogP contribution in [0.5, 0.6) is 0 Å². The van der Waals surface area contributed by atoms with Gasteiger partial charge < -0.3 is 5.73 Å². The van der Waals surface area contributed by atoms with Crippen LogP contribution in [0.25, 0.3) is 0 Å². The highest BCUT2D eigenvalue weighted by atomic mass is 35.5. The minimum atomic E-state index is -3.58. The normalized spacial score (nSPS) is 12.7. The summed E-state index contributed by atoms with van der Waals surface area (Å²) >= 11 is 5.92. The fourth-order valence-corrected chi connectivity index (χ4v) is 3.13. The molecule has 6 heteroatoms. The maximum atomic E-state index is 12.2. The molecule has 0 atom stereocenters. The lowest BCUT2D eigenvalue weighted by Crippen LogP contribution is -2.42. The Balaban J connectivity index is 3.22. The second-order valence-corrected chi connectivity index (χ2v) is 7.05. The zero-order valence-corrected chi connectivity index (χ0v) is 12.6. The van der Waals surface area contributed by atoms with Gasteiger partial charge >= 0.3 is 0 Å². The lowest BCUT2D eigenvalue weighted by atomic mass is 10.0. The lowest BCUT2D eigenvalue weighted by molar-refractivity contribution is 0.439. The molecule has 1 aromatic rings. The summed E-state index contributed by atoms with van der Waals surface area (Å²) < 4.78 is 27.1. The summed E-state index contributed by atoms with van der Waals surface area (Å²) in [6.45, 7) is 7.31. The topological polar surface area (TPSA) is 72.2 Å². The first kappa shape index (κ1) is 15.3. The van der Waals surface area contributed by atoms with E-state index in [1.165, 1.54) is 12.1 Å². The first-order chi connectivity index (χ1) is 8.09. The van der Waals surface area contributed by atoms with Gasteiger partial charge in [0.1, 0.15) is 0 Å². The van der Waals surface area contributed by atoms with Crippen molar-refractivity contribution in [2.24, 2.45) is 0 Å². The van der Waals surface area contributed by atoms with E-state index in [1.54, 1.807) is 6.92 Å². The first-order valence-electron chi connectivity index (χ1n) is 5.68. The third kappa shape index (κ3) is 3.37. The second kappa shape index (κ2) is 5.07. The summed E-state index contributed by atoms with van der Waals surface area (Å²) in [5.74, 6) is 0. The molecule has 4 nitrogen and oxygen atoms in total. The number of halogens is 1. The van der Waals surface area contributed by atoms with Gasteiger partial charge in [0.25, 0.3) is 0 Å². The van der Waals surface area contributed by atoms with E-state index >= 15 is 0 Å². The molecule has 0 saturated heterocycles. The Labute approximate surface area is 114 Å². The number of benzene rings is 1. The van der Waals surface area contributed by atoms with Crippen molar-refractivity contribution in [3.05, 3.63) is 22.7 Å². The molecule has 0 radical (unpaired) electrons. The number of sulfonamides is 1. The SMILES string of the molecule is CCC(C)(C)NS(=O)(=O)c1cc(C)c(Cl)c(N)c1. The van der Waals surface area contributed by atoms with E-state index in [-0.39, 0.29) is 10.6 Å². The number of hydrogen-bond donors (Lipinski definition) is 2. The van der Waals surface area contributed by atoms with Crippen molar-refractivity contribution in [1.29, 1.82) is 0 Å². The Morgan fingerprint density at radius 2 is 1.94 bits per heavy atom. The molecular weight excluding hydrogens is 272 g/mol. The molecule has 0 unspecified atom stereocenters. The van der Waals surface area contributed by atoms with Gasteiger partial charge in [0.05, 0.1) is 15.6 Å². The minimum Gasteiger partial charge on any atom is -0.397 e. The smallest absolute Gasteiger partial charge is 0.241 e. The van der Waals surface area contributed by atoms with Gasteiger partial charge in [-0.3, -0.25) is 0 Å². The number of nitrogen functional groups attached to an aromatic ring is 1.